The van der Waals surface area contributed by atoms with Crippen LogP contribution in [0.1, 0.15) is 118 Å². The van der Waals surface area contributed by atoms with Gasteiger partial charge in [0.1, 0.15) is 7.11 Å². The first-order valence-electron chi connectivity index (χ1n) is 19.1. The summed E-state index contributed by atoms with van der Waals surface area (Å²) in [5, 5.41) is 8.24. The summed E-state index contributed by atoms with van der Waals surface area (Å²) in [5.41, 5.74) is 3.30. The largest absolute Gasteiger partial charge is 0.417 e. The molecule has 0 saturated carbocycles. The van der Waals surface area contributed by atoms with Crippen LogP contribution in [0.4, 0.5) is 0 Å². The molecule has 11 heteroatoms. The van der Waals surface area contributed by atoms with Gasteiger partial charge in [0.05, 0.1) is 25.2 Å². The number of piperidine rings is 1. The van der Waals surface area contributed by atoms with Crippen LogP contribution in [0.25, 0.3) is 10.9 Å². The van der Waals surface area contributed by atoms with Crippen molar-refractivity contribution in [1.82, 2.24) is 25.6 Å². The van der Waals surface area contributed by atoms with E-state index >= 15 is 0 Å². The van der Waals surface area contributed by atoms with E-state index in [0.29, 0.717) is 12.2 Å². The number of rotatable bonds is 14. The number of nitrogens with zero attached hydrogens (tertiary/aromatic N) is 2. The number of fused-ring (bicyclic) bond motifs is 1. The first-order valence-corrected chi connectivity index (χ1v) is 19.1. The molecule has 3 N–H and O–H groups in total. The minimum absolute atomic E-state index is 0.0639. The van der Waals surface area contributed by atoms with Crippen LogP contribution in [0.2, 0.25) is 0 Å². The van der Waals surface area contributed by atoms with Gasteiger partial charge in [0.15, 0.2) is 5.78 Å². The summed E-state index contributed by atoms with van der Waals surface area (Å²) in [6, 6.07) is 8.40. The summed E-state index contributed by atoms with van der Waals surface area (Å²) in [5.74, 6) is -0.686. The SMILES string of the molecule is CC.CC1CCCCN1C(=O)CNC(=O)CNC(=O)CNC=O.CCCC.CCCCCC(=O)C1=CCCC=C1.COn1cc(C)c2ccccc21. The molecule has 1 saturated heterocycles. The van der Waals surface area contributed by atoms with Crippen molar-refractivity contribution in [1.29, 1.82) is 0 Å². The lowest BCUT2D eigenvalue weighted by atomic mass is 10.00. The molecule has 1 aromatic heterocycles. The zero-order valence-corrected chi connectivity index (χ0v) is 33.2. The zero-order valence-electron chi connectivity index (χ0n) is 33.2. The Hall–Kier alpha value is -4.41. The third-order valence-corrected chi connectivity index (χ3v) is 8.25. The van der Waals surface area contributed by atoms with Gasteiger partial charge in [-0.3, -0.25) is 24.0 Å². The zero-order chi connectivity index (χ0) is 39.1. The fourth-order valence-corrected chi connectivity index (χ4v) is 5.15. The number of allylic oxidation sites excluding steroid dienone is 4. The topological polar surface area (TPSA) is 139 Å². The Morgan fingerprint density at radius 2 is 1.58 bits per heavy atom. The van der Waals surface area contributed by atoms with Crippen molar-refractivity contribution in [2.45, 2.75) is 125 Å². The molecule has 0 bridgehead atoms. The molecule has 1 atom stereocenters. The van der Waals surface area contributed by atoms with E-state index in [1.807, 2.05) is 51.2 Å². The number of ketones is 1. The van der Waals surface area contributed by atoms with Gasteiger partial charge in [-0.2, -0.15) is 4.73 Å². The molecular weight excluding hydrogens is 658 g/mol. The minimum Gasteiger partial charge on any atom is -0.417 e. The average Bonchev–Trinajstić information content (AvgIpc) is 3.52. The Kier molecular flexibility index (Phi) is 27.7. The van der Waals surface area contributed by atoms with E-state index in [4.69, 9.17) is 4.84 Å². The molecule has 2 aliphatic rings. The predicted octanol–water partition coefficient (Wildman–Crippen LogP) is 6.62. The molecule has 2 heterocycles. The Balaban J connectivity index is 0.000000723. The molecule has 52 heavy (non-hydrogen) atoms. The van der Waals surface area contributed by atoms with Gasteiger partial charge in [-0.1, -0.05) is 96.7 Å². The summed E-state index contributed by atoms with van der Waals surface area (Å²) in [6.07, 6.45) is 20.5. The standard InChI is InChI=1S/C13H22N4O4.C12H18O.C10H11NO.C4H10.C2H6/c1-10-4-2-3-5-17(10)13(21)8-16-12(20)7-15-11(19)6-14-9-18;1-2-3-5-10-12(13)11-8-6-4-7-9-11;1-8-7-11(12-2)10-6-4-3-5-9(8)10;1-3-4-2;1-2/h9-10H,2-8H2,1H3,(H,14,18)(H,15,19)(H,16,20);6,8-9H,2-5,7,10H2,1H3;3-7H,1-2H3;3-4H2,1-2H3;1-2H3. The van der Waals surface area contributed by atoms with Gasteiger partial charge in [0.25, 0.3) is 0 Å². The number of unbranched alkanes of at least 4 members (excludes halogenated alkanes) is 3. The van der Waals surface area contributed by atoms with Gasteiger partial charge in [0, 0.05) is 36.2 Å². The fraction of sp³-hybridized carbons (Fsp3) is 0.585. The van der Waals surface area contributed by atoms with Crippen molar-refractivity contribution in [3.05, 3.63) is 59.8 Å². The van der Waals surface area contributed by atoms with Crippen LogP contribution in [0.15, 0.2) is 54.3 Å². The Bertz CT molecular complexity index is 1380. The third-order valence-electron chi connectivity index (χ3n) is 8.25. The number of amides is 4. The first-order chi connectivity index (χ1) is 25.1. The molecule has 1 unspecified atom stereocenters. The second-order valence-electron chi connectivity index (χ2n) is 12.3. The van der Waals surface area contributed by atoms with E-state index in [1.165, 1.54) is 36.6 Å². The maximum Gasteiger partial charge on any atom is 0.242 e. The fourth-order valence-electron chi connectivity index (χ4n) is 5.15. The Morgan fingerprint density at radius 1 is 0.904 bits per heavy atom. The molecule has 1 aromatic carbocycles. The van der Waals surface area contributed by atoms with Crippen molar-refractivity contribution >= 4 is 40.8 Å². The molecule has 4 rings (SSSR count). The van der Waals surface area contributed by atoms with Gasteiger partial charge >= 0.3 is 0 Å². The maximum atomic E-state index is 12.0. The lowest BCUT2D eigenvalue weighted by molar-refractivity contribution is -0.135. The van der Waals surface area contributed by atoms with Crippen molar-refractivity contribution in [2.24, 2.45) is 0 Å². The van der Waals surface area contributed by atoms with Gasteiger partial charge in [-0.15, -0.1) is 0 Å². The minimum atomic E-state index is -0.465. The summed E-state index contributed by atoms with van der Waals surface area (Å²) in [7, 11) is 1.67. The van der Waals surface area contributed by atoms with Crippen LogP contribution in [0, 0.1) is 6.92 Å². The van der Waals surface area contributed by atoms with Gasteiger partial charge in [-0.25, -0.2) is 0 Å². The van der Waals surface area contributed by atoms with Crippen LogP contribution >= 0.6 is 0 Å². The van der Waals surface area contributed by atoms with E-state index in [1.54, 1.807) is 16.7 Å². The molecule has 1 fully saturated rings. The number of carbonyl (C=O) groups excluding carboxylic acids is 5. The summed E-state index contributed by atoms with van der Waals surface area (Å²) < 4.78 is 1.78. The predicted molar refractivity (Wildman–Crippen MR) is 212 cm³/mol. The highest BCUT2D eigenvalue weighted by Gasteiger charge is 2.23. The van der Waals surface area contributed by atoms with Crippen molar-refractivity contribution in [3.63, 3.8) is 0 Å². The van der Waals surface area contributed by atoms with E-state index in [2.05, 4.69) is 61.9 Å². The number of hydrogen-bond acceptors (Lipinski definition) is 6. The molecule has 0 radical (unpaired) electrons. The number of hydrogen-bond donors (Lipinski definition) is 3. The van der Waals surface area contributed by atoms with E-state index in [0.717, 1.165) is 62.6 Å². The lowest BCUT2D eigenvalue weighted by Gasteiger charge is -2.33. The molecule has 0 spiro atoms. The highest BCUT2D eigenvalue weighted by molar-refractivity contribution is 5.98. The van der Waals surface area contributed by atoms with Crippen LogP contribution in [0.3, 0.4) is 0 Å². The number of aryl methyl sites for hydroxylation is 1. The normalized spacial score (nSPS) is 14.2. The summed E-state index contributed by atoms with van der Waals surface area (Å²) in [6.45, 7) is 14.9. The second-order valence-corrected chi connectivity index (χ2v) is 12.3. The van der Waals surface area contributed by atoms with E-state index < -0.39 is 11.8 Å². The number of nitrogens with one attached hydrogen (secondary N) is 3. The highest BCUT2D eigenvalue weighted by Crippen LogP contribution is 2.19. The average molecular weight is 726 g/mol. The van der Waals surface area contributed by atoms with Crippen LogP contribution in [-0.4, -0.2) is 78.9 Å². The quantitative estimate of drug-likeness (QED) is 0.148. The molecule has 2 aromatic rings. The van der Waals surface area contributed by atoms with E-state index in [9.17, 15) is 24.0 Å². The first kappa shape index (κ1) is 47.6. The second kappa shape index (κ2) is 30.2. The van der Waals surface area contributed by atoms with Crippen molar-refractivity contribution < 1.29 is 28.8 Å². The smallest absolute Gasteiger partial charge is 0.242 e. The monoisotopic (exact) mass is 726 g/mol. The van der Waals surface area contributed by atoms with Crippen LogP contribution in [0.5, 0.6) is 0 Å². The highest BCUT2D eigenvalue weighted by atomic mass is 16.6. The molecule has 292 valence electrons. The molecule has 4 amide bonds. The van der Waals surface area contributed by atoms with E-state index in [-0.39, 0.29) is 31.6 Å². The van der Waals surface area contributed by atoms with Gasteiger partial charge in [-0.05, 0) is 64.0 Å². The van der Waals surface area contributed by atoms with Gasteiger partial charge in [0.2, 0.25) is 24.1 Å². The number of Topliss-reactive ketones (excluding diaryl/α,β-unsaturated/α-hetero) is 1. The third kappa shape index (κ3) is 19.8. The van der Waals surface area contributed by atoms with Gasteiger partial charge < -0.3 is 25.7 Å². The summed E-state index contributed by atoms with van der Waals surface area (Å²) in [4.78, 5) is 63.1. The Labute approximate surface area is 312 Å². The molecule has 1 aliphatic carbocycles. The number of para-hydroxylation sites is 1. The van der Waals surface area contributed by atoms with Crippen LogP contribution < -0.4 is 20.8 Å². The summed E-state index contributed by atoms with van der Waals surface area (Å²) >= 11 is 0. The van der Waals surface area contributed by atoms with Crippen molar-refractivity contribution in [3.8, 4) is 0 Å². The number of aromatic nitrogens is 1. The molecule has 1 aliphatic heterocycles. The molecule has 11 nitrogen and oxygen atoms in total. The lowest BCUT2D eigenvalue weighted by Crippen LogP contribution is -2.48. The van der Waals surface area contributed by atoms with Crippen molar-refractivity contribution in [2.75, 3.05) is 33.3 Å². The van der Waals surface area contributed by atoms with Crippen LogP contribution in [-0.2, 0) is 24.0 Å². The molecular formula is C41H67N5O6. The Morgan fingerprint density at radius 3 is 2.17 bits per heavy atom. The maximum absolute atomic E-state index is 12.0. The number of likely N-dealkylation sites (tertiary alicyclic amines) is 1. The number of benzene rings is 1. The number of carbonyl (C=O) groups is 5.